The molecule has 2 heterocycles. The molecule has 0 unspecified atom stereocenters. The summed E-state index contributed by atoms with van der Waals surface area (Å²) < 4.78 is 1.22. The van der Waals surface area contributed by atoms with Crippen LogP contribution >= 0.6 is 15.9 Å². The molecule has 2 aliphatic heterocycles. The minimum atomic E-state index is 0.705. The van der Waals surface area contributed by atoms with Crippen LogP contribution in [0.15, 0.2) is 22.7 Å². The molecule has 1 fully saturated rings. The molecule has 15 heavy (non-hydrogen) atoms. The van der Waals surface area contributed by atoms with Crippen molar-refractivity contribution in [2.75, 3.05) is 0 Å². The normalized spacial score (nSPS) is 30.0. The Morgan fingerprint density at radius 2 is 2.20 bits per heavy atom. The predicted molar refractivity (Wildman–Crippen MR) is 65.7 cm³/mol. The Kier molecular flexibility index (Phi) is 2.37. The molecule has 0 aromatic heterocycles. The number of halogens is 1. The summed E-state index contributed by atoms with van der Waals surface area (Å²) in [6.07, 6.45) is 4.10. The molecule has 1 aromatic rings. The van der Waals surface area contributed by atoms with Gasteiger partial charge in [0.2, 0.25) is 0 Å². The van der Waals surface area contributed by atoms with Crippen LogP contribution in [-0.2, 0) is 6.54 Å². The van der Waals surface area contributed by atoms with Gasteiger partial charge in [0.25, 0.3) is 0 Å². The number of nitrogens with zero attached hydrogens (tertiary/aromatic N) is 1. The molecule has 2 heteroatoms. The highest BCUT2D eigenvalue weighted by Gasteiger charge is 2.35. The largest absolute Gasteiger partial charge is 0.289 e. The minimum absolute atomic E-state index is 0.705. The Morgan fingerprint density at radius 3 is 3.07 bits per heavy atom. The van der Waals surface area contributed by atoms with Crippen molar-refractivity contribution in [1.82, 2.24) is 4.90 Å². The Morgan fingerprint density at radius 1 is 1.33 bits per heavy atom. The van der Waals surface area contributed by atoms with Gasteiger partial charge in [-0.05, 0) is 43.0 Å². The summed E-state index contributed by atoms with van der Waals surface area (Å²) in [7, 11) is 0. The number of benzene rings is 1. The van der Waals surface area contributed by atoms with Crippen LogP contribution < -0.4 is 0 Å². The lowest BCUT2D eigenvalue weighted by molar-refractivity contribution is 0.105. The summed E-state index contributed by atoms with van der Waals surface area (Å²) in [6, 6.07) is 8.25. The number of fused-ring (bicyclic) bond motifs is 3. The van der Waals surface area contributed by atoms with Crippen LogP contribution in [0.25, 0.3) is 0 Å². The predicted octanol–water partition coefficient (Wildman–Crippen LogP) is 3.88. The smallest absolute Gasteiger partial charge is 0.0357 e. The van der Waals surface area contributed by atoms with Crippen molar-refractivity contribution < 1.29 is 0 Å². The fourth-order valence-corrected chi connectivity index (χ4v) is 3.49. The monoisotopic (exact) mass is 265 g/mol. The topological polar surface area (TPSA) is 3.24 Å². The quantitative estimate of drug-likeness (QED) is 0.688. The lowest BCUT2D eigenvalue weighted by Gasteiger charge is -2.35. The van der Waals surface area contributed by atoms with Gasteiger partial charge >= 0.3 is 0 Å². The molecule has 2 aliphatic rings. The Hall–Kier alpha value is -0.340. The zero-order valence-corrected chi connectivity index (χ0v) is 10.6. The molecule has 0 saturated carbocycles. The van der Waals surface area contributed by atoms with Crippen LogP contribution in [0.3, 0.4) is 0 Å². The lowest BCUT2D eigenvalue weighted by atomic mass is 9.94. The summed E-state index contributed by atoms with van der Waals surface area (Å²) in [5, 5.41) is 0. The first-order valence-corrected chi connectivity index (χ1v) is 6.59. The molecule has 80 valence electrons. The summed E-state index contributed by atoms with van der Waals surface area (Å²) in [5.41, 5.74) is 3.10. The summed E-state index contributed by atoms with van der Waals surface area (Å²) in [6.45, 7) is 3.52. The van der Waals surface area contributed by atoms with Crippen LogP contribution in [0, 0.1) is 0 Å². The van der Waals surface area contributed by atoms with Gasteiger partial charge in [-0.15, -0.1) is 0 Å². The van der Waals surface area contributed by atoms with Gasteiger partial charge in [0.05, 0.1) is 0 Å². The molecule has 1 nitrogen and oxygen atoms in total. The first-order valence-electron chi connectivity index (χ1n) is 5.80. The van der Waals surface area contributed by atoms with Crippen molar-refractivity contribution in [1.29, 1.82) is 0 Å². The van der Waals surface area contributed by atoms with E-state index in [1.807, 2.05) is 0 Å². The molecule has 1 aromatic carbocycles. The second kappa shape index (κ2) is 3.60. The molecule has 0 aliphatic carbocycles. The van der Waals surface area contributed by atoms with E-state index in [1.54, 1.807) is 5.56 Å². The summed E-state index contributed by atoms with van der Waals surface area (Å²) in [4.78, 5) is 2.67. The number of piperidine rings is 1. The van der Waals surface area contributed by atoms with Gasteiger partial charge in [0.1, 0.15) is 0 Å². The van der Waals surface area contributed by atoms with Crippen molar-refractivity contribution in [2.45, 2.75) is 44.8 Å². The zero-order valence-electron chi connectivity index (χ0n) is 9.04. The van der Waals surface area contributed by atoms with Gasteiger partial charge in [-0.1, -0.05) is 28.4 Å². The fourth-order valence-electron chi connectivity index (χ4n) is 3.08. The van der Waals surface area contributed by atoms with E-state index < -0.39 is 0 Å². The van der Waals surface area contributed by atoms with Gasteiger partial charge in [-0.25, -0.2) is 0 Å². The number of hydrogen-bond acceptors (Lipinski definition) is 1. The second-order valence-corrected chi connectivity index (χ2v) is 5.73. The molecule has 0 N–H and O–H groups in total. The van der Waals surface area contributed by atoms with Crippen LogP contribution in [0.1, 0.15) is 43.4 Å². The Labute approximate surface area is 99.6 Å². The molecular weight excluding hydrogens is 250 g/mol. The number of rotatable bonds is 0. The molecule has 3 rings (SSSR count). The maximum Gasteiger partial charge on any atom is 0.0357 e. The van der Waals surface area contributed by atoms with E-state index in [9.17, 15) is 0 Å². The third kappa shape index (κ3) is 1.55. The molecular formula is C13H16BrN. The average Bonchev–Trinajstić information content (AvgIpc) is 2.57. The van der Waals surface area contributed by atoms with E-state index in [1.165, 1.54) is 29.3 Å². The first-order chi connectivity index (χ1) is 7.25. The molecule has 2 atom stereocenters. The van der Waals surface area contributed by atoms with Gasteiger partial charge < -0.3 is 0 Å². The maximum absolute atomic E-state index is 3.56. The SMILES string of the molecule is C[C@@H]1CCC[C@@H]2c3ccc(Br)cc3CN12. The van der Waals surface area contributed by atoms with Gasteiger partial charge in [-0.2, -0.15) is 0 Å². The highest BCUT2D eigenvalue weighted by Crippen LogP contribution is 2.42. The van der Waals surface area contributed by atoms with Crippen LogP contribution in [0.2, 0.25) is 0 Å². The van der Waals surface area contributed by atoms with Crippen molar-refractivity contribution in [3.05, 3.63) is 33.8 Å². The average molecular weight is 266 g/mol. The van der Waals surface area contributed by atoms with Gasteiger partial charge in [0, 0.05) is 23.1 Å². The van der Waals surface area contributed by atoms with Crippen molar-refractivity contribution in [3.8, 4) is 0 Å². The lowest BCUT2D eigenvalue weighted by Crippen LogP contribution is -2.35. The molecule has 0 bridgehead atoms. The highest BCUT2D eigenvalue weighted by molar-refractivity contribution is 9.10. The van der Waals surface area contributed by atoms with E-state index in [0.29, 0.717) is 6.04 Å². The summed E-state index contributed by atoms with van der Waals surface area (Å²) >= 11 is 3.56. The van der Waals surface area contributed by atoms with Crippen LogP contribution in [0.4, 0.5) is 0 Å². The van der Waals surface area contributed by atoms with E-state index in [4.69, 9.17) is 0 Å². The Bertz CT molecular complexity index is 388. The summed E-state index contributed by atoms with van der Waals surface area (Å²) in [5.74, 6) is 0. The third-order valence-corrected chi connectivity index (χ3v) is 4.38. The van der Waals surface area contributed by atoms with E-state index in [2.05, 4.69) is 46.0 Å². The zero-order chi connectivity index (χ0) is 10.4. The van der Waals surface area contributed by atoms with Crippen LogP contribution in [0.5, 0.6) is 0 Å². The van der Waals surface area contributed by atoms with Crippen molar-refractivity contribution in [3.63, 3.8) is 0 Å². The Balaban J connectivity index is 2.00. The van der Waals surface area contributed by atoms with Gasteiger partial charge in [-0.3, -0.25) is 4.90 Å². The standard InChI is InChI=1S/C13H16BrN/c1-9-3-2-4-13-12-6-5-11(14)7-10(12)8-15(9)13/h5-7,9,13H,2-4,8H2,1H3/t9-,13-/m1/s1. The van der Waals surface area contributed by atoms with E-state index >= 15 is 0 Å². The third-order valence-electron chi connectivity index (χ3n) is 3.88. The van der Waals surface area contributed by atoms with Gasteiger partial charge in [0.15, 0.2) is 0 Å². The maximum atomic E-state index is 3.56. The van der Waals surface area contributed by atoms with E-state index in [-0.39, 0.29) is 0 Å². The first kappa shape index (κ1) is 9.86. The second-order valence-electron chi connectivity index (χ2n) is 4.81. The fraction of sp³-hybridized carbons (Fsp3) is 0.538. The molecule has 0 amide bonds. The highest BCUT2D eigenvalue weighted by atomic mass is 79.9. The number of hydrogen-bond donors (Lipinski definition) is 0. The van der Waals surface area contributed by atoms with Crippen molar-refractivity contribution in [2.24, 2.45) is 0 Å². The molecule has 0 spiro atoms. The van der Waals surface area contributed by atoms with Crippen molar-refractivity contribution >= 4 is 15.9 Å². The molecule has 1 saturated heterocycles. The van der Waals surface area contributed by atoms with Crippen LogP contribution in [-0.4, -0.2) is 10.9 Å². The van der Waals surface area contributed by atoms with E-state index in [0.717, 1.165) is 12.6 Å². The molecule has 0 radical (unpaired) electrons. The minimum Gasteiger partial charge on any atom is -0.289 e.